The molecule has 136 valence electrons. The first kappa shape index (κ1) is 17.9. The Morgan fingerprint density at radius 3 is 2.29 bits per heavy atom. The molecule has 0 amide bonds. The summed E-state index contributed by atoms with van der Waals surface area (Å²) < 4.78 is 0. The molecule has 2 nitrogen and oxygen atoms in total. The van der Waals surface area contributed by atoms with Crippen LogP contribution in [0.4, 0.5) is 0 Å². The number of aryl methyl sites for hydroxylation is 2. The Balaban J connectivity index is 1.90. The molecule has 3 aromatic carbocycles. The minimum atomic E-state index is -0.0298. The quantitative estimate of drug-likeness (QED) is 0.309. The summed E-state index contributed by atoms with van der Waals surface area (Å²) in [5.74, 6) is -0.0298. The first-order valence-corrected chi connectivity index (χ1v) is 9.38. The zero-order valence-electron chi connectivity index (χ0n) is 16.0. The van der Waals surface area contributed by atoms with Crippen LogP contribution >= 0.6 is 0 Å². The van der Waals surface area contributed by atoms with Crippen molar-refractivity contribution in [1.29, 1.82) is 0 Å². The van der Waals surface area contributed by atoms with Gasteiger partial charge in [-0.15, -0.1) is 0 Å². The van der Waals surface area contributed by atoms with Gasteiger partial charge in [-0.3, -0.25) is 9.78 Å². The van der Waals surface area contributed by atoms with Crippen molar-refractivity contribution < 1.29 is 4.79 Å². The van der Waals surface area contributed by atoms with Gasteiger partial charge in [0.2, 0.25) is 0 Å². The molecule has 0 N–H and O–H groups in total. The van der Waals surface area contributed by atoms with Crippen LogP contribution in [0.25, 0.3) is 28.1 Å². The number of hydrogen-bond donors (Lipinski definition) is 0. The Hall–Kier alpha value is -3.52. The highest BCUT2D eigenvalue weighted by Crippen LogP contribution is 2.33. The predicted molar refractivity (Wildman–Crippen MR) is 116 cm³/mol. The van der Waals surface area contributed by atoms with E-state index in [-0.39, 0.29) is 5.78 Å². The van der Waals surface area contributed by atoms with Crippen molar-refractivity contribution in [1.82, 2.24) is 4.98 Å². The highest BCUT2D eigenvalue weighted by atomic mass is 16.1. The van der Waals surface area contributed by atoms with Crippen LogP contribution in [0.15, 0.2) is 84.9 Å². The summed E-state index contributed by atoms with van der Waals surface area (Å²) in [7, 11) is 0. The van der Waals surface area contributed by atoms with Crippen LogP contribution in [0, 0.1) is 13.8 Å². The number of nitrogens with zero attached hydrogens (tertiary/aromatic N) is 1. The number of carbonyl (C=O) groups excluding carboxylic acids is 1. The first-order chi connectivity index (χ1) is 13.6. The maximum Gasteiger partial charge on any atom is 0.188 e. The van der Waals surface area contributed by atoms with Gasteiger partial charge < -0.3 is 0 Å². The Bertz CT molecular complexity index is 1190. The number of fused-ring (bicyclic) bond motifs is 1. The molecular formula is C26H21NO. The standard InChI is InChI=1S/C26H21NO/c1-18-10-6-7-11-20(18)16-17-24(28)25-19(2)27-23-15-9-8-14-22(23)26(25)21-12-4-3-5-13-21/h3-17H,1-2H3/b17-16-. The van der Waals surface area contributed by atoms with Crippen LogP contribution in [0.1, 0.15) is 27.2 Å². The predicted octanol–water partition coefficient (Wildman–Crippen LogP) is 6.41. The van der Waals surface area contributed by atoms with Gasteiger partial charge in [-0.1, -0.05) is 78.9 Å². The number of ketones is 1. The maximum atomic E-state index is 13.3. The molecule has 0 aliphatic rings. The van der Waals surface area contributed by atoms with Crippen LogP contribution in [0.2, 0.25) is 0 Å². The van der Waals surface area contributed by atoms with Gasteiger partial charge in [0.15, 0.2) is 5.78 Å². The Kier molecular flexibility index (Phi) is 4.86. The topological polar surface area (TPSA) is 30.0 Å². The average molecular weight is 363 g/mol. The highest BCUT2D eigenvalue weighted by molar-refractivity contribution is 6.16. The van der Waals surface area contributed by atoms with E-state index in [2.05, 4.69) is 0 Å². The normalized spacial score (nSPS) is 11.2. The largest absolute Gasteiger partial charge is 0.289 e. The van der Waals surface area contributed by atoms with Crippen molar-refractivity contribution >= 4 is 22.8 Å². The fourth-order valence-corrected chi connectivity index (χ4v) is 3.56. The fourth-order valence-electron chi connectivity index (χ4n) is 3.56. The van der Waals surface area contributed by atoms with E-state index in [1.807, 2.05) is 98.8 Å². The van der Waals surface area contributed by atoms with Gasteiger partial charge in [-0.25, -0.2) is 0 Å². The molecule has 0 unspecified atom stereocenters. The van der Waals surface area contributed by atoms with E-state index < -0.39 is 0 Å². The average Bonchev–Trinajstić information content (AvgIpc) is 2.72. The fraction of sp³-hybridized carbons (Fsp3) is 0.0769. The second-order valence-corrected chi connectivity index (χ2v) is 6.88. The molecule has 0 bridgehead atoms. The van der Waals surface area contributed by atoms with Crippen molar-refractivity contribution in [2.45, 2.75) is 13.8 Å². The Labute approximate surface area is 165 Å². The molecule has 0 aliphatic carbocycles. The van der Waals surface area contributed by atoms with Crippen molar-refractivity contribution in [2.24, 2.45) is 0 Å². The first-order valence-electron chi connectivity index (χ1n) is 9.38. The van der Waals surface area contributed by atoms with Crippen molar-refractivity contribution in [2.75, 3.05) is 0 Å². The van der Waals surface area contributed by atoms with Crippen LogP contribution in [-0.4, -0.2) is 10.8 Å². The number of pyridine rings is 1. The van der Waals surface area contributed by atoms with Gasteiger partial charge in [0.25, 0.3) is 0 Å². The number of hydrogen-bond acceptors (Lipinski definition) is 2. The van der Waals surface area contributed by atoms with Crippen molar-refractivity contribution in [3.05, 3.63) is 107 Å². The summed E-state index contributed by atoms with van der Waals surface area (Å²) in [6.45, 7) is 3.95. The number of benzene rings is 3. The number of para-hydroxylation sites is 1. The van der Waals surface area contributed by atoms with Crippen molar-refractivity contribution in [3.63, 3.8) is 0 Å². The third-order valence-corrected chi connectivity index (χ3v) is 4.98. The molecule has 4 aromatic rings. The summed E-state index contributed by atoms with van der Waals surface area (Å²) in [6, 6.07) is 26.1. The third-order valence-electron chi connectivity index (χ3n) is 4.98. The molecule has 4 rings (SSSR count). The van der Waals surface area contributed by atoms with Gasteiger partial charge >= 0.3 is 0 Å². The highest BCUT2D eigenvalue weighted by Gasteiger charge is 2.18. The van der Waals surface area contributed by atoms with Crippen molar-refractivity contribution in [3.8, 4) is 11.1 Å². The molecular weight excluding hydrogens is 342 g/mol. The van der Waals surface area contributed by atoms with Crippen LogP contribution in [-0.2, 0) is 0 Å². The van der Waals surface area contributed by atoms with E-state index >= 15 is 0 Å². The summed E-state index contributed by atoms with van der Waals surface area (Å²) in [4.78, 5) is 18.0. The molecule has 0 saturated carbocycles. The zero-order chi connectivity index (χ0) is 19.5. The second kappa shape index (κ2) is 7.61. The SMILES string of the molecule is Cc1ccccc1/C=C\C(=O)c1c(C)nc2ccccc2c1-c1ccccc1. The lowest BCUT2D eigenvalue weighted by atomic mass is 9.92. The molecule has 2 heteroatoms. The second-order valence-electron chi connectivity index (χ2n) is 6.88. The summed E-state index contributed by atoms with van der Waals surface area (Å²) in [5.41, 5.74) is 6.47. The third kappa shape index (κ3) is 3.37. The van der Waals surface area contributed by atoms with Crippen LogP contribution < -0.4 is 0 Å². The summed E-state index contributed by atoms with van der Waals surface area (Å²) in [5, 5.41) is 0.993. The maximum absolute atomic E-state index is 13.3. The van der Waals surface area contributed by atoms with E-state index in [0.29, 0.717) is 5.56 Å². The van der Waals surface area contributed by atoms with Gasteiger partial charge in [0, 0.05) is 16.6 Å². The molecule has 0 saturated heterocycles. The summed E-state index contributed by atoms with van der Waals surface area (Å²) in [6.07, 6.45) is 3.55. The van der Waals surface area contributed by atoms with Gasteiger partial charge in [0.1, 0.15) is 0 Å². The van der Waals surface area contributed by atoms with Gasteiger partial charge in [-0.2, -0.15) is 0 Å². The molecule has 0 aliphatic heterocycles. The van der Waals surface area contributed by atoms with E-state index in [4.69, 9.17) is 4.98 Å². The molecule has 28 heavy (non-hydrogen) atoms. The number of rotatable bonds is 4. The number of aromatic nitrogens is 1. The minimum Gasteiger partial charge on any atom is -0.289 e. The van der Waals surface area contributed by atoms with Gasteiger partial charge in [0.05, 0.1) is 11.1 Å². The Morgan fingerprint density at radius 1 is 0.821 bits per heavy atom. The summed E-state index contributed by atoms with van der Waals surface area (Å²) >= 11 is 0. The minimum absolute atomic E-state index is 0.0298. The monoisotopic (exact) mass is 363 g/mol. The van der Waals surface area contributed by atoms with Crippen LogP contribution in [0.5, 0.6) is 0 Å². The molecule has 0 radical (unpaired) electrons. The molecule has 0 atom stereocenters. The molecule has 0 spiro atoms. The van der Waals surface area contributed by atoms with E-state index in [0.717, 1.165) is 38.9 Å². The molecule has 0 fully saturated rings. The number of carbonyl (C=O) groups is 1. The molecule has 1 aromatic heterocycles. The van der Waals surface area contributed by atoms with E-state index in [1.54, 1.807) is 6.08 Å². The molecule has 1 heterocycles. The number of allylic oxidation sites excluding steroid dienone is 1. The smallest absolute Gasteiger partial charge is 0.188 e. The van der Waals surface area contributed by atoms with Crippen LogP contribution in [0.3, 0.4) is 0 Å². The lowest BCUT2D eigenvalue weighted by Gasteiger charge is -2.14. The lowest BCUT2D eigenvalue weighted by Crippen LogP contribution is -2.05. The Morgan fingerprint density at radius 2 is 1.50 bits per heavy atom. The zero-order valence-corrected chi connectivity index (χ0v) is 16.0. The van der Waals surface area contributed by atoms with E-state index in [9.17, 15) is 4.79 Å². The van der Waals surface area contributed by atoms with E-state index in [1.165, 1.54) is 0 Å². The van der Waals surface area contributed by atoms with Gasteiger partial charge in [-0.05, 0) is 42.7 Å². The lowest BCUT2D eigenvalue weighted by molar-refractivity contribution is 0.104.